The summed E-state index contributed by atoms with van der Waals surface area (Å²) in [5, 5.41) is 0. The summed E-state index contributed by atoms with van der Waals surface area (Å²) in [7, 11) is -3.49. The van der Waals surface area contributed by atoms with Crippen molar-refractivity contribution in [2.45, 2.75) is 31.2 Å². The van der Waals surface area contributed by atoms with Gasteiger partial charge in [-0.1, -0.05) is 13.0 Å². The molecule has 0 radical (unpaired) electrons. The van der Waals surface area contributed by atoms with Crippen LogP contribution < -0.4 is 0 Å². The lowest BCUT2D eigenvalue weighted by atomic mass is 10.0. The Balaban J connectivity index is 1.34. The Kier molecular flexibility index (Phi) is 6.69. The molecule has 0 spiro atoms. The molecule has 3 heterocycles. The second kappa shape index (κ2) is 9.46. The van der Waals surface area contributed by atoms with Crippen molar-refractivity contribution in [2.75, 3.05) is 39.3 Å². The maximum atomic E-state index is 12.9. The molecule has 31 heavy (non-hydrogen) atoms. The first-order chi connectivity index (χ1) is 14.9. The average molecular weight is 443 g/mol. The van der Waals surface area contributed by atoms with Crippen LogP contribution in [0.1, 0.15) is 35.7 Å². The highest BCUT2D eigenvalue weighted by Gasteiger charge is 2.28. The van der Waals surface area contributed by atoms with Crippen molar-refractivity contribution >= 4 is 15.9 Å². The Morgan fingerprint density at radius 2 is 1.68 bits per heavy atom. The van der Waals surface area contributed by atoms with E-state index in [2.05, 4.69) is 22.9 Å². The lowest BCUT2D eigenvalue weighted by Crippen LogP contribution is -2.48. The number of nitrogens with zero attached hydrogens (tertiary/aromatic N) is 4. The van der Waals surface area contributed by atoms with E-state index in [1.165, 1.54) is 5.56 Å². The number of benzene rings is 1. The van der Waals surface area contributed by atoms with Gasteiger partial charge < -0.3 is 4.90 Å². The first-order valence-electron chi connectivity index (χ1n) is 10.9. The molecule has 2 aliphatic heterocycles. The maximum absolute atomic E-state index is 12.9. The highest BCUT2D eigenvalue weighted by Crippen LogP contribution is 2.24. The number of rotatable bonds is 5. The van der Waals surface area contributed by atoms with Gasteiger partial charge in [0.25, 0.3) is 5.91 Å². The van der Waals surface area contributed by atoms with Crippen LogP contribution in [0.2, 0.25) is 0 Å². The van der Waals surface area contributed by atoms with Crippen LogP contribution in [0.3, 0.4) is 0 Å². The molecule has 8 heteroatoms. The van der Waals surface area contributed by atoms with E-state index in [9.17, 15) is 13.2 Å². The van der Waals surface area contributed by atoms with Gasteiger partial charge in [-0.3, -0.25) is 14.7 Å². The van der Waals surface area contributed by atoms with Crippen molar-refractivity contribution in [3.8, 4) is 0 Å². The fraction of sp³-hybridized carbons (Fsp3) is 0.478. The molecule has 1 amide bonds. The quantitative estimate of drug-likeness (QED) is 0.711. The topological polar surface area (TPSA) is 73.8 Å². The molecule has 0 saturated carbocycles. The largest absolute Gasteiger partial charge is 0.336 e. The van der Waals surface area contributed by atoms with Crippen LogP contribution in [0, 0.1) is 5.92 Å². The predicted molar refractivity (Wildman–Crippen MR) is 119 cm³/mol. The van der Waals surface area contributed by atoms with E-state index in [-0.39, 0.29) is 10.8 Å². The van der Waals surface area contributed by atoms with Gasteiger partial charge in [0.15, 0.2) is 0 Å². The van der Waals surface area contributed by atoms with Crippen LogP contribution in [0.5, 0.6) is 0 Å². The van der Waals surface area contributed by atoms with E-state index in [4.69, 9.17) is 0 Å². The van der Waals surface area contributed by atoms with E-state index in [1.54, 1.807) is 34.8 Å². The fourth-order valence-electron chi connectivity index (χ4n) is 4.19. The second-order valence-electron chi connectivity index (χ2n) is 8.54. The van der Waals surface area contributed by atoms with Crippen LogP contribution in [0.4, 0.5) is 0 Å². The van der Waals surface area contributed by atoms with Crippen LogP contribution >= 0.6 is 0 Å². The van der Waals surface area contributed by atoms with Gasteiger partial charge in [-0.2, -0.15) is 4.31 Å². The average Bonchev–Trinajstić information content (AvgIpc) is 2.80. The Morgan fingerprint density at radius 1 is 1.00 bits per heavy atom. The Morgan fingerprint density at radius 3 is 2.29 bits per heavy atom. The first-order valence-corrected chi connectivity index (χ1v) is 12.4. The van der Waals surface area contributed by atoms with E-state index in [1.807, 2.05) is 17.2 Å². The van der Waals surface area contributed by atoms with Crippen molar-refractivity contribution in [1.82, 2.24) is 19.1 Å². The van der Waals surface area contributed by atoms with Gasteiger partial charge in [0.1, 0.15) is 0 Å². The molecule has 0 aliphatic carbocycles. The summed E-state index contributed by atoms with van der Waals surface area (Å²) in [4.78, 5) is 21.5. The minimum Gasteiger partial charge on any atom is -0.336 e. The molecule has 2 aromatic rings. The lowest BCUT2D eigenvalue weighted by Gasteiger charge is -2.34. The molecule has 0 bridgehead atoms. The standard InChI is InChI=1S/C23H30N4O3S/c1-19-8-11-27(12-9-19)31(29,30)22-6-4-21(5-7-22)23(28)26-15-13-25(14-16-26)18-20-3-2-10-24-17-20/h2-7,10,17,19H,8-9,11-16,18H2,1H3. The molecule has 2 aliphatic rings. The summed E-state index contributed by atoms with van der Waals surface area (Å²) in [5.74, 6) is 0.521. The van der Waals surface area contributed by atoms with E-state index >= 15 is 0 Å². The Bertz CT molecular complexity index is 979. The Labute approximate surface area is 184 Å². The van der Waals surface area contributed by atoms with Crippen LogP contribution in [0.15, 0.2) is 53.7 Å². The van der Waals surface area contributed by atoms with Gasteiger partial charge in [-0.05, 0) is 54.7 Å². The van der Waals surface area contributed by atoms with E-state index in [0.717, 1.165) is 32.5 Å². The van der Waals surface area contributed by atoms with Crippen LogP contribution in [0.25, 0.3) is 0 Å². The van der Waals surface area contributed by atoms with Crippen molar-refractivity contribution in [3.05, 3.63) is 59.9 Å². The number of carbonyl (C=O) groups is 1. The molecule has 0 N–H and O–H groups in total. The fourth-order valence-corrected chi connectivity index (χ4v) is 5.66. The summed E-state index contributed by atoms with van der Waals surface area (Å²) >= 11 is 0. The number of hydrogen-bond donors (Lipinski definition) is 0. The minimum absolute atomic E-state index is 0.0447. The zero-order valence-corrected chi connectivity index (χ0v) is 18.8. The Hall–Kier alpha value is -2.29. The molecule has 1 aromatic heterocycles. The molecule has 166 valence electrons. The normalized spacial score (nSPS) is 19.5. The highest BCUT2D eigenvalue weighted by atomic mass is 32.2. The number of sulfonamides is 1. The predicted octanol–water partition coefficient (Wildman–Crippen LogP) is 2.46. The first kappa shape index (κ1) is 21.9. The number of pyridine rings is 1. The summed E-state index contributed by atoms with van der Waals surface area (Å²) in [6.45, 7) is 7.04. The monoisotopic (exact) mass is 442 g/mol. The third-order valence-corrected chi connectivity index (χ3v) is 8.18. The molecular weight excluding hydrogens is 412 g/mol. The minimum atomic E-state index is -3.49. The number of hydrogen-bond acceptors (Lipinski definition) is 5. The lowest BCUT2D eigenvalue weighted by molar-refractivity contribution is 0.0628. The number of aromatic nitrogens is 1. The summed E-state index contributed by atoms with van der Waals surface area (Å²) in [6.07, 6.45) is 5.42. The van der Waals surface area contributed by atoms with Gasteiger partial charge >= 0.3 is 0 Å². The molecule has 4 rings (SSSR count). The zero-order valence-electron chi connectivity index (χ0n) is 18.0. The number of piperidine rings is 1. The zero-order chi connectivity index (χ0) is 21.8. The third-order valence-electron chi connectivity index (χ3n) is 6.27. The molecule has 1 aromatic carbocycles. The molecule has 0 unspecified atom stereocenters. The molecular formula is C23H30N4O3S. The smallest absolute Gasteiger partial charge is 0.253 e. The summed E-state index contributed by atoms with van der Waals surface area (Å²) < 4.78 is 27.3. The van der Waals surface area contributed by atoms with Gasteiger partial charge in [-0.15, -0.1) is 0 Å². The van der Waals surface area contributed by atoms with Gasteiger partial charge in [0.05, 0.1) is 4.90 Å². The summed E-state index contributed by atoms with van der Waals surface area (Å²) in [6, 6.07) is 10.4. The van der Waals surface area contributed by atoms with Crippen molar-refractivity contribution in [3.63, 3.8) is 0 Å². The SMILES string of the molecule is CC1CCN(S(=O)(=O)c2ccc(C(=O)N3CCN(Cc4cccnc4)CC3)cc2)CC1. The van der Waals surface area contributed by atoms with Crippen LogP contribution in [-0.2, 0) is 16.6 Å². The van der Waals surface area contributed by atoms with Crippen LogP contribution in [-0.4, -0.2) is 72.7 Å². The summed E-state index contributed by atoms with van der Waals surface area (Å²) in [5.41, 5.74) is 1.70. The number of carbonyl (C=O) groups excluding carboxylic acids is 1. The number of piperazine rings is 1. The number of amides is 1. The maximum Gasteiger partial charge on any atom is 0.253 e. The highest BCUT2D eigenvalue weighted by molar-refractivity contribution is 7.89. The molecule has 2 saturated heterocycles. The van der Waals surface area contributed by atoms with Crippen molar-refractivity contribution in [2.24, 2.45) is 5.92 Å². The molecule has 2 fully saturated rings. The van der Waals surface area contributed by atoms with Crippen molar-refractivity contribution in [1.29, 1.82) is 0 Å². The van der Waals surface area contributed by atoms with Gasteiger partial charge in [0, 0.05) is 63.8 Å². The van der Waals surface area contributed by atoms with E-state index < -0.39 is 10.0 Å². The molecule has 7 nitrogen and oxygen atoms in total. The second-order valence-corrected chi connectivity index (χ2v) is 10.5. The van der Waals surface area contributed by atoms with Gasteiger partial charge in [0.2, 0.25) is 10.0 Å². The van der Waals surface area contributed by atoms with E-state index in [0.29, 0.717) is 37.7 Å². The van der Waals surface area contributed by atoms with Gasteiger partial charge in [-0.25, -0.2) is 8.42 Å². The third kappa shape index (κ3) is 5.14. The molecule has 0 atom stereocenters. The van der Waals surface area contributed by atoms with Crippen molar-refractivity contribution < 1.29 is 13.2 Å².